The van der Waals surface area contributed by atoms with E-state index < -0.39 is 28.7 Å². The highest BCUT2D eigenvalue weighted by molar-refractivity contribution is 7.90. The fraction of sp³-hybridized carbons (Fsp3) is 0.594. The lowest BCUT2D eigenvalue weighted by Crippen LogP contribution is -2.52. The molecule has 1 spiro atoms. The predicted octanol–water partition coefficient (Wildman–Crippen LogP) is 5.99. The van der Waals surface area contributed by atoms with Gasteiger partial charge in [-0.3, -0.25) is 4.79 Å². The van der Waals surface area contributed by atoms with E-state index in [0.29, 0.717) is 61.8 Å². The molecule has 2 aliphatic carbocycles. The molecule has 2 aromatic carbocycles. The first-order valence-electron chi connectivity index (χ1n) is 15.6. The molecule has 6 rings (SSSR count). The first kappa shape index (κ1) is 31.5. The van der Waals surface area contributed by atoms with Gasteiger partial charge >= 0.3 is 6.18 Å². The summed E-state index contributed by atoms with van der Waals surface area (Å²) in [4.78, 5) is 15.4. The zero-order chi connectivity index (χ0) is 31.1. The molecule has 2 aromatic rings. The van der Waals surface area contributed by atoms with Crippen molar-refractivity contribution in [1.29, 1.82) is 0 Å². The third-order valence-electron chi connectivity index (χ3n) is 9.99. The lowest BCUT2D eigenvalue weighted by molar-refractivity contribution is -0.128. The number of hydrogen-bond donors (Lipinski definition) is 2. The van der Waals surface area contributed by atoms with Crippen molar-refractivity contribution >= 4 is 33.2 Å². The van der Waals surface area contributed by atoms with Crippen LogP contribution in [0.5, 0.6) is 5.75 Å². The number of amides is 1. The smallest absolute Gasteiger partial charge is 0.401 e. The van der Waals surface area contributed by atoms with Gasteiger partial charge in [-0.1, -0.05) is 30.5 Å². The van der Waals surface area contributed by atoms with Crippen molar-refractivity contribution in [2.24, 2.45) is 11.8 Å². The van der Waals surface area contributed by atoms with Crippen molar-refractivity contribution in [3.05, 3.63) is 58.1 Å². The van der Waals surface area contributed by atoms with Gasteiger partial charge in [-0.2, -0.15) is 13.2 Å². The van der Waals surface area contributed by atoms with Gasteiger partial charge in [0.25, 0.3) is 5.91 Å². The molecule has 2 N–H and O–H groups in total. The van der Waals surface area contributed by atoms with E-state index in [0.717, 1.165) is 32.1 Å². The number of nitrogens with one attached hydrogen (secondary N) is 2. The Bertz CT molecular complexity index is 1500. The van der Waals surface area contributed by atoms with Crippen molar-refractivity contribution < 1.29 is 31.1 Å². The minimum atomic E-state index is -4.32. The second-order valence-electron chi connectivity index (χ2n) is 13.0. The van der Waals surface area contributed by atoms with Crippen LogP contribution in [-0.4, -0.2) is 58.5 Å². The zero-order valence-electron chi connectivity index (χ0n) is 24.6. The van der Waals surface area contributed by atoms with Crippen LogP contribution < -0.4 is 19.7 Å². The van der Waals surface area contributed by atoms with Crippen LogP contribution >= 0.6 is 11.6 Å². The Kier molecular flexibility index (Phi) is 8.84. The standard InChI is InChI=1S/C32H39ClF3N3O4S/c33-24-9-11-26-21(15-24)5-4-13-31(26)19-39-17-23-7-10-25(23)27(37-18-32(34,35)36)6-2-1-3-14-44(41,42)38-30(40)22-8-12-29(43-20-31)28(39)16-22/h8-9,11-12,15-16,23,25,27,37H,1-7,10,13-14,17-20H2,(H,38,40)/t23-,25+,27-,31-/m0/s1. The molecule has 1 amide bonds. The number of carbonyl (C=O) groups excluding carboxylic acids is 1. The number of ether oxygens (including phenoxy) is 1. The molecule has 240 valence electrons. The number of fused-ring (bicyclic) bond motifs is 4. The summed E-state index contributed by atoms with van der Waals surface area (Å²) in [6.07, 6.45) is 2.19. The van der Waals surface area contributed by atoms with Crippen LogP contribution in [0.2, 0.25) is 5.02 Å². The van der Waals surface area contributed by atoms with Gasteiger partial charge in [-0.15, -0.1) is 0 Å². The van der Waals surface area contributed by atoms with Gasteiger partial charge in [0, 0.05) is 35.1 Å². The van der Waals surface area contributed by atoms with Crippen LogP contribution in [0.1, 0.15) is 72.9 Å². The summed E-state index contributed by atoms with van der Waals surface area (Å²) in [5, 5.41) is 3.50. The molecule has 44 heavy (non-hydrogen) atoms. The fourth-order valence-electron chi connectivity index (χ4n) is 7.69. The number of benzene rings is 2. The number of anilines is 1. The number of nitrogens with zero attached hydrogens (tertiary/aromatic N) is 1. The molecule has 2 bridgehead atoms. The number of hydrogen-bond acceptors (Lipinski definition) is 6. The van der Waals surface area contributed by atoms with Gasteiger partial charge in [-0.25, -0.2) is 13.1 Å². The summed E-state index contributed by atoms with van der Waals surface area (Å²) in [5.74, 6) is -0.0952. The number of aryl methyl sites for hydroxylation is 1. The maximum Gasteiger partial charge on any atom is 0.401 e. The van der Waals surface area contributed by atoms with E-state index in [4.69, 9.17) is 16.3 Å². The van der Waals surface area contributed by atoms with Crippen molar-refractivity contribution in [2.45, 2.75) is 75.4 Å². The third-order valence-corrected chi connectivity index (χ3v) is 11.5. The van der Waals surface area contributed by atoms with Gasteiger partial charge in [-0.05, 0) is 98.2 Å². The minimum absolute atomic E-state index is 0.0569. The number of sulfonamides is 1. The molecule has 0 unspecified atom stereocenters. The topological polar surface area (TPSA) is 87.7 Å². The van der Waals surface area contributed by atoms with Crippen molar-refractivity contribution in [1.82, 2.24) is 10.0 Å². The van der Waals surface area contributed by atoms with E-state index in [-0.39, 0.29) is 34.6 Å². The van der Waals surface area contributed by atoms with Gasteiger partial charge in [0.2, 0.25) is 10.0 Å². The fourth-order valence-corrected chi connectivity index (χ4v) is 8.97. The summed E-state index contributed by atoms with van der Waals surface area (Å²) < 4.78 is 74.0. The summed E-state index contributed by atoms with van der Waals surface area (Å²) >= 11 is 6.37. The van der Waals surface area contributed by atoms with Crippen LogP contribution in [0.15, 0.2) is 36.4 Å². The van der Waals surface area contributed by atoms with Gasteiger partial charge in [0.15, 0.2) is 0 Å². The Labute approximate surface area is 261 Å². The highest BCUT2D eigenvalue weighted by Crippen LogP contribution is 2.47. The Morgan fingerprint density at radius 3 is 2.68 bits per heavy atom. The SMILES string of the molecule is O=C1NS(=O)(=O)CCCCC[C@H](NCC(F)(F)F)[C@@H]2CC[C@H]2CN2C[C@@]3(CCCc4cc(Cl)ccc43)COc3ccc1cc32. The largest absolute Gasteiger partial charge is 0.490 e. The summed E-state index contributed by atoms with van der Waals surface area (Å²) in [5.41, 5.74) is 2.94. The molecule has 12 heteroatoms. The highest BCUT2D eigenvalue weighted by atomic mass is 35.5. The predicted molar refractivity (Wildman–Crippen MR) is 164 cm³/mol. The number of carbonyl (C=O) groups is 1. The van der Waals surface area contributed by atoms with Crippen LogP contribution in [0.25, 0.3) is 0 Å². The Morgan fingerprint density at radius 1 is 1.07 bits per heavy atom. The molecular formula is C32H39ClF3N3O4S. The zero-order valence-corrected chi connectivity index (χ0v) is 26.2. The first-order chi connectivity index (χ1) is 20.9. The minimum Gasteiger partial charge on any atom is -0.490 e. The van der Waals surface area contributed by atoms with Crippen LogP contribution in [0.3, 0.4) is 0 Å². The van der Waals surface area contributed by atoms with E-state index in [1.54, 1.807) is 18.2 Å². The normalized spacial score (nSPS) is 29.0. The average molecular weight is 654 g/mol. The molecular weight excluding hydrogens is 615 g/mol. The molecule has 1 fully saturated rings. The average Bonchev–Trinajstić information content (AvgIpc) is 3.09. The Morgan fingerprint density at radius 2 is 1.91 bits per heavy atom. The second kappa shape index (κ2) is 12.4. The molecule has 7 nitrogen and oxygen atoms in total. The van der Waals surface area contributed by atoms with E-state index in [1.807, 2.05) is 12.1 Å². The molecule has 2 heterocycles. The van der Waals surface area contributed by atoms with Crippen molar-refractivity contribution in [3.63, 3.8) is 0 Å². The van der Waals surface area contributed by atoms with Gasteiger partial charge in [0.05, 0.1) is 24.6 Å². The Balaban J connectivity index is 1.38. The van der Waals surface area contributed by atoms with Crippen LogP contribution in [0.4, 0.5) is 18.9 Å². The number of rotatable bonds is 2. The van der Waals surface area contributed by atoms with Crippen LogP contribution in [0, 0.1) is 11.8 Å². The molecule has 0 aromatic heterocycles. The van der Waals surface area contributed by atoms with E-state index in [9.17, 15) is 26.4 Å². The van der Waals surface area contributed by atoms with Crippen molar-refractivity contribution in [2.75, 3.05) is 36.9 Å². The molecule has 0 saturated heterocycles. The first-order valence-corrected chi connectivity index (χ1v) is 17.6. The maximum atomic E-state index is 13.3. The van der Waals surface area contributed by atoms with E-state index >= 15 is 0 Å². The van der Waals surface area contributed by atoms with Crippen molar-refractivity contribution in [3.8, 4) is 5.75 Å². The second-order valence-corrected chi connectivity index (χ2v) is 15.3. The van der Waals surface area contributed by atoms with Gasteiger partial charge in [0.1, 0.15) is 5.75 Å². The number of alkyl halides is 3. The number of halogens is 4. The quantitative estimate of drug-likeness (QED) is 0.414. The summed E-state index contributed by atoms with van der Waals surface area (Å²) in [6.45, 7) is 0.573. The molecule has 2 aliphatic heterocycles. The lowest BCUT2D eigenvalue weighted by Gasteiger charge is -2.47. The monoisotopic (exact) mass is 653 g/mol. The third kappa shape index (κ3) is 6.84. The molecule has 0 radical (unpaired) electrons. The van der Waals surface area contributed by atoms with Crippen LogP contribution in [-0.2, 0) is 21.9 Å². The van der Waals surface area contributed by atoms with Gasteiger partial charge < -0.3 is 15.0 Å². The maximum absolute atomic E-state index is 13.3. The molecule has 1 saturated carbocycles. The summed E-state index contributed by atoms with van der Waals surface area (Å²) in [6, 6.07) is 10.7. The molecule has 4 atom stereocenters. The lowest BCUT2D eigenvalue weighted by atomic mass is 9.67. The van der Waals surface area contributed by atoms with E-state index in [2.05, 4.69) is 21.0 Å². The molecule has 4 aliphatic rings. The highest BCUT2D eigenvalue weighted by Gasteiger charge is 2.45. The Hall–Kier alpha value is -2.50. The van der Waals surface area contributed by atoms with E-state index in [1.165, 1.54) is 11.1 Å². The summed E-state index contributed by atoms with van der Waals surface area (Å²) in [7, 11) is -3.88.